The molecule has 0 aromatic heterocycles. The smallest absolute Gasteiger partial charge is 0.236 e. The molecule has 5 nitrogen and oxygen atoms in total. The molecule has 1 amide bonds. The Kier molecular flexibility index (Phi) is 5.14. The fourth-order valence-electron chi connectivity index (χ4n) is 3.81. The largest absolute Gasteiger partial charge is 0.349 e. The minimum Gasteiger partial charge on any atom is -0.349 e. The first-order chi connectivity index (χ1) is 10.2. The van der Waals surface area contributed by atoms with Crippen molar-refractivity contribution >= 4 is 5.91 Å². The number of ether oxygens (including phenoxy) is 2. The quantitative estimate of drug-likeness (QED) is 0.791. The summed E-state index contributed by atoms with van der Waals surface area (Å²) in [5, 5.41) is 0. The number of hydrogen-bond donors (Lipinski definition) is 0. The highest BCUT2D eigenvalue weighted by atomic mass is 16.7. The molecule has 0 unspecified atom stereocenters. The molecular formula is C16H28N2O3. The number of piperidine rings is 2. The second-order valence-corrected chi connectivity index (χ2v) is 6.73. The minimum absolute atomic E-state index is 0.127. The summed E-state index contributed by atoms with van der Waals surface area (Å²) in [4.78, 5) is 16.9. The van der Waals surface area contributed by atoms with E-state index in [-0.39, 0.29) is 18.2 Å². The van der Waals surface area contributed by atoms with Gasteiger partial charge in [0, 0.05) is 13.1 Å². The highest BCUT2D eigenvalue weighted by Crippen LogP contribution is 2.25. The van der Waals surface area contributed by atoms with Gasteiger partial charge in [-0.1, -0.05) is 13.3 Å². The van der Waals surface area contributed by atoms with Crippen molar-refractivity contribution in [2.45, 2.75) is 51.4 Å². The van der Waals surface area contributed by atoms with E-state index in [1.165, 1.54) is 19.3 Å². The molecule has 0 saturated carbocycles. The van der Waals surface area contributed by atoms with Crippen LogP contribution in [0.1, 0.15) is 39.0 Å². The molecule has 2 atom stereocenters. The predicted molar refractivity (Wildman–Crippen MR) is 79.9 cm³/mol. The summed E-state index contributed by atoms with van der Waals surface area (Å²) in [5.74, 6) is 0.924. The lowest BCUT2D eigenvalue weighted by atomic mass is 9.99. The number of amides is 1. The molecule has 0 aromatic carbocycles. The predicted octanol–water partition coefficient (Wildman–Crippen LogP) is 1.47. The molecule has 3 saturated heterocycles. The maximum atomic E-state index is 12.6. The van der Waals surface area contributed by atoms with Crippen molar-refractivity contribution < 1.29 is 14.3 Å². The van der Waals surface area contributed by atoms with E-state index in [0.29, 0.717) is 25.7 Å². The molecule has 5 heteroatoms. The first-order valence-corrected chi connectivity index (χ1v) is 8.49. The third-order valence-corrected chi connectivity index (χ3v) is 4.97. The molecule has 120 valence electrons. The van der Waals surface area contributed by atoms with Crippen LogP contribution in [0, 0.1) is 5.92 Å². The summed E-state index contributed by atoms with van der Waals surface area (Å²) < 4.78 is 11.4. The number of hydrogen-bond acceptors (Lipinski definition) is 4. The molecule has 0 aliphatic carbocycles. The van der Waals surface area contributed by atoms with Crippen LogP contribution in [0.4, 0.5) is 0 Å². The zero-order valence-corrected chi connectivity index (χ0v) is 13.1. The Morgan fingerprint density at radius 3 is 2.67 bits per heavy atom. The van der Waals surface area contributed by atoms with Gasteiger partial charge < -0.3 is 14.4 Å². The van der Waals surface area contributed by atoms with Crippen LogP contribution >= 0.6 is 0 Å². The maximum absolute atomic E-state index is 12.6. The molecule has 0 N–H and O–H groups in total. The van der Waals surface area contributed by atoms with Crippen molar-refractivity contribution in [2.24, 2.45) is 5.92 Å². The van der Waals surface area contributed by atoms with Gasteiger partial charge in [0.15, 0.2) is 6.29 Å². The molecule has 3 rings (SSSR count). The molecule has 3 fully saturated rings. The van der Waals surface area contributed by atoms with Gasteiger partial charge in [-0.25, -0.2) is 0 Å². The van der Waals surface area contributed by atoms with Crippen LogP contribution in [0.2, 0.25) is 0 Å². The Labute approximate surface area is 127 Å². The highest BCUT2D eigenvalue weighted by Gasteiger charge is 2.35. The van der Waals surface area contributed by atoms with E-state index in [2.05, 4.69) is 16.7 Å². The molecule has 0 bridgehead atoms. The van der Waals surface area contributed by atoms with Crippen LogP contribution < -0.4 is 0 Å². The third-order valence-electron chi connectivity index (χ3n) is 4.97. The van der Waals surface area contributed by atoms with Crippen molar-refractivity contribution in [1.29, 1.82) is 0 Å². The lowest BCUT2D eigenvalue weighted by Crippen LogP contribution is -2.52. The number of carbonyl (C=O) groups is 1. The monoisotopic (exact) mass is 296 g/mol. The number of rotatable bonds is 3. The fraction of sp³-hybridized carbons (Fsp3) is 0.938. The highest BCUT2D eigenvalue weighted by molar-refractivity contribution is 5.78. The standard InChI is InChI=1S/C16H28N2O3/c1-13-5-4-8-18(11-13)15(19)12-17-7-3-2-6-14(17)16-20-9-10-21-16/h13-14,16H,2-12H2,1H3/t13-,14-/m1/s1. The van der Waals surface area contributed by atoms with Gasteiger partial charge in [0.05, 0.1) is 25.8 Å². The summed E-state index contributed by atoms with van der Waals surface area (Å²) in [7, 11) is 0. The number of nitrogens with zero attached hydrogens (tertiary/aromatic N) is 2. The van der Waals surface area contributed by atoms with Crippen molar-refractivity contribution in [3.05, 3.63) is 0 Å². The lowest BCUT2D eigenvalue weighted by Gasteiger charge is -2.39. The van der Waals surface area contributed by atoms with Crippen molar-refractivity contribution in [1.82, 2.24) is 9.80 Å². The summed E-state index contributed by atoms with van der Waals surface area (Å²) in [5.41, 5.74) is 0. The minimum atomic E-state index is -0.127. The zero-order valence-electron chi connectivity index (χ0n) is 13.1. The van der Waals surface area contributed by atoms with Gasteiger partial charge in [0.1, 0.15) is 0 Å². The van der Waals surface area contributed by atoms with Crippen LogP contribution in [-0.4, -0.2) is 67.4 Å². The molecule has 0 radical (unpaired) electrons. The van der Waals surface area contributed by atoms with E-state index < -0.39 is 0 Å². The second kappa shape index (κ2) is 7.07. The summed E-state index contributed by atoms with van der Waals surface area (Å²) in [6.07, 6.45) is 5.73. The molecule has 0 spiro atoms. The maximum Gasteiger partial charge on any atom is 0.236 e. The Balaban J connectivity index is 1.57. The zero-order chi connectivity index (χ0) is 14.7. The van der Waals surface area contributed by atoms with Crippen LogP contribution in [0.5, 0.6) is 0 Å². The van der Waals surface area contributed by atoms with Gasteiger partial charge in [-0.3, -0.25) is 9.69 Å². The normalized spacial score (nSPS) is 32.5. The number of carbonyl (C=O) groups excluding carboxylic acids is 1. The van der Waals surface area contributed by atoms with E-state index in [9.17, 15) is 4.79 Å². The van der Waals surface area contributed by atoms with Gasteiger partial charge in [-0.05, 0) is 38.1 Å². The molecule has 21 heavy (non-hydrogen) atoms. The third kappa shape index (κ3) is 3.76. The van der Waals surface area contributed by atoms with Crippen molar-refractivity contribution in [2.75, 3.05) is 39.4 Å². The topological polar surface area (TPSA) is 42.0 Å². The van der Waals surface area contributed by atoms with Gasteiger partial charge in [0.25, 0.3) is 0 Å². The summed E-state index contributed by atoms with van der Waals surface area (Å²) >= 11 is 0. The van der Waals surface area contributed by atoms with Crippen molar-refractivity contribution in [3.8, 4) is 0 Å². The molecule has 3 heterocycles. The van der Waals surface area contributed by atoms with E-state index in [1.54, 1.807) is 0 Å². The van der Waals surface area contributed by atoms with Gasteiger partial charge in [0.2, 0.25) is 5.91 Å². The molecule has 3 aliphatic heterocycles. The first kappa shape index (κ1) is 15.3. The fourth-order valence-corrected chi connectivity index (χ4v) is 3.81. The summed E-state index contributed by atoms with van der Waals surface area (Å²) in [6.45, 7) is 6.98. The first-order valence-electron chi connectivity index (χ1n) is 8.49. The van der Waals surface area contributed by atoms with Crippen LogP contribution in [-0.2, 0) is 14.3 Å². The Morgan fingerprint density at radius 2 is 1.90 bits per heavy atom. The Morgan fingerprint density at radius 1 is 1.10 bits per heavy atom. The Hall–Kier alpha value is -0.650. The van der Waals surface area contributed by atoms with E-state index in [1.807, 2.05) is 0 Å². The summed E-state index contributed by atoms with van der Waals surface area (Å²) in [6, 6.07) is 0.257. The van der Waals surface area contributed by atoms with Crippen LogP contribution in [0.25, 0.3) is 0 Å². The average Bonchev–Trinajstić information content (AvgIpc) is 3.02. The molecular weight excluding hydrogens is 268 g/mol. The van der Waals surface area contributed by atoms with Crippen LogP contribution in [0.3, 0.4) is 0 Å². The SMILES string of the molecule is C[C@@H]1CCCN(C(=O)CN2CCCC[C@@H]2C2OCCO2)C1. The molecule has 3 aliphatic rings. The van der Waals surface area contributed by atoms with E-state index in [0.717, 1.165) is 32.5 Å². The van der Waals surface area contributed by atoms with E-state index in [4.69, 9.17) is 9.47 Å². The Bertz CT molecular complexity index is 357. The van der Waals surface area contributed by atoms with Gasteiger partial charge in [-0.2, -0.15) is 0 Å². The average molecular weight is 296 g/mol. The number of likely N-dealkylation sites (tertiary alicyclic amines) is 2. The molecule has 0 aromatic rings. The second-order valence-electron chi connectivity index (χ2n) is 6.73. The van der Waals surface area contributed by atoms with E-state index >= 15 is 0 Å². The van der Waals surface area contributed by atoms with Gasteiger partial charge in [-0.15, -0.1) is 0 Å². The van der Waals surface area contributed by atoms with Crippen molar-refractivity contribution in [3.63, 3.8) is 0 Å². The van der Waals surface area contributed by atoms with Gasteiger partial charge >= 0.3 is 0 Å². The lowest BCUT2D eigenvalue weighted by molar-refractivity contribution is -0.141. The van der Waals surface area contributed by atoms with Crippen LogP contribution in [0.15, 0.2) is 0 Å².